The molecular formula is C17H13ClN4O6S. The number of carbonyl (C=O) groups is 1. The molecule has 0 aliphatic rings. The van der Waals surface area contributed by atoms with E-state index in [0.717, 1.165) is 31.5 Å². The Morgan fingerprint density at radius 3 is 2.55 bits per heavy atom. The fourth-order valence-electron chi connectivity index (χ4n) is 2.40. The number of anilines is 1. The van der Waals surface area contributed by atoms with Gasteiger partial charge in [0.25, 0.3) is 15.7 Å². The summed E-state index contributed by atoms with van der Waals surface area (Å²) in [5.74, 6) is -0.928. The number of aromatic nitrogens is 2. The number of nitro groups is 1. The van der Waals surface area contributed by atoms with Gasteiger partial charge in [-0.1, -0.05) is 11.6 Å². The molecule has 1 N–H and O–H groups in total. The summed E-state index contributed by atoms with van der Waals surface area (Å²) in [4.78, 5) is 22.0. The number of hydrogen-bond acceptors (Lipinski definition) is 7. The molecular weight excluding hydrogens is 424 g/mol. The number of nitro benzene ring substituents is 1. The summed E-state index contributed by atoms with van der Waals surface area (Å²) in [5.41, 5.74) is -0.262. The van der Waals surface area contributed by atoms with Gasteiger partial charge in [0.15, 0.2) is 0 Å². The average molecular weight is 437 g/mol. The summed E-state index contributed by atoms with van der Waals surface area (Å²) < 4.78 is 33.6. The van der Waals surface area contributed by atoms with Gasteiger partial charge >= 0.3 is 5.97 Å². The minimum absolute atomic E-state index is 0.165. The molecule has 2 aromatic carbocycles. The molecule has 0 saturated carbocycles. The fraction of sp³-hybridized carbons (Fsp3) is 0.0588. The summed E-state index contributed by atoms with van der Waals surface area (Å²) in [7, 11) is -3.06. The number of sulfonamides is 1. The molecule has 0 bridgehead atoms. The zero-order valence-electron chi connectivity index (χ0n) is 14.8. The lowest BCUT2D eigenvalue weighted by Crippen LogP contribution is -2.16. The maximum Gasteiger partial charge on any atom is 0.340 e. The highest BCUT2D eigenvalue weighted by atomic mass is 35.5. The van der Waals surface area contributed by atoms with Gasteiger partial charge in [-0.05, 0) is 30.3 Å². The van der Waals surface area contributed by atoms with Crippen LogP contribution in [0.3, 0.4) is 0 Å². The molecule has 1 heterocycles. The Morgan fingerprint density at radius 1 is 1.24 bits per heavy atom. The van der Waals surface area contributed by atoms with E-state index in [1.807, 2.05) is 0 Å². The van der Waals surface area contributed by atoms with Gasteiger partial charge in [-0.15, -0.1) is 0 Å². The summed E-state index contributed by atoms with van der Waals surface area (Å²) in [5, 5.41) is 15.5. The molecule has 3 rings (SSSR count). The maximum absolute atomic E-state index is 12.7. The predicted molar refractivity (Wildman–Crippen MR) is 104 cm³/mol. The van der Waals surface area contributed by atoms with Crippen LogP contribution < -0.4 is 4.72 Å². The number of benzene rings is 2. The Bertz CT molecular complexity index is 1190. The van der Waals surface area contributed by atoms with Gasteiger partial charge in [-0.3, -0.25) is 14.8 Å². The molecule has 0 spiro atoms. The Labute approximate surface area is 169 Å². The van der Waals surface area contributed by atoms with Crippen LogP contribution in [0, 0.1) is 10.1 Å². The van der Waals surface area contributed by atoms with Crippen molar-refractivity contribution in [3.63, 3.8) is 0 Å². The van der Waals surface area contributed by atoms with Gasteiger partial charge in [0, 0.05) is 17.2 Å². The van der Waals surface area contributed by atoms with Crippen molar-refractivity contribution in [1.82, 2.24) is 9.78 Å². The second-order valence-corrected chi connectivity index (χ2v) is 7.80. The topological polar surface area (TPSA) is 133 Å². The second kappa shape index (κ2) is 7.89. The van der Waals surface area contributed by atoms with E-state index >= 15 is 0 Å². The van der Waals surface area contributed by atoms with Gasteiger partial charge in [0.2, 0.25) is 0 Å². The van der Waals surface area contributed by atoms with E-state index in [9.17, 15) is 23.3 Å². The normalized spacial score (nSPS) is 11.1. The van der Waals surface area contributed by atoms with Crippen LogP contribution in [0.15, 0.2) is 59.8 Å². The van der Waals surface area contributed by atoms with E-state index in [4.69, 9.17) is 11.6 Å². The quantitative estimate of drug-likeness (QED) is 0.356. The molecule has 0 unspecified atom stereocenters. The van der Waals surface area contributed by atoms with E-state index in [2.05, 4.69) is 14.6 Å². The number of nitrogens with zero attached hydrogens (tertiary/aromatic N) is 3. The summed E-state index contributed by atoms with van der Waals surface area (Å²) in [6, 6.07) is 9.69. The molecule has 12 heteroatoms. The minimum Gasteiger partial charge on any atom is -0.465 e. The third kappa shape index (κ3) is 4.36. The van der Waals surface area contributed by atoms with Crippen LogP contribution in [0.1, 0.15) is 10.4 Å². The monoisotopic (exact) mass is 436 g/mol. The van der Waals surface area contributed by atoms with Crippen molar-refractivity contribution in [2.24, 2.45) is 0 Å². The van der Waals surface area contributed by atoms with Crippen LogP contribution >= 0.6 is 11.6 Å². The first-order chi connectivity index (χ1) is 13.7. The molecule has 150 valence electrons. The first-order valence-electron chi connectivity index (χ1n) is 7.91. The van der Waals surface area contributed by atoms with Crippen LogP contribution in [0.25, 0.3) is 5.69 Å². The smallest absolute Gasteiger partial charge is 0.340 e. The van der Waals surface area contributed by atoms with Crippen LogP contribution in [-0.4, -0.2) is 36.2 Å². The number of hydrogen-bond donors (Lipinski definition) is 1. The number of rotatable bonds is 6. The second-order valence-electron chi connectivity index (χ2n) is 5.68. The van der Waals surface area contributed by atoms with E-state index in [1.165, 1.54) is 10.9 Å². The van der Waals surface area contributed by atoms with Crippen molar-refractivity contribution >= 4 is 39.0 Å². The number of esters is 1. The number of ether oxygens (including phenoxy) is 1. The van der Waals surface area contributed by atoms with Gasteiger partial charge in [-0.2, -0.15) is 5.10 Å². The molecule has 0 radical (unpaired) electrons. The molecule has 1 aromatic heterocycles. The minimum atomic E-state index is -4.14. The van der Waals surface area contributed by atoms with Crippen LogP contribution in [-0.2, 0) is 14.8 Å². The van der Waals surface area contributed by atoms with Gasteiger partial charge in [-0.25, -0.2) is 17.9 Å². The van der Waals surface area contributed by atoms with Crippen molar-refractivity contribution in [1.29, 1.82) is 0 Å². The van der Waals surface area contributed by atoms with Gasteiger partial charge in [0.1, 0.15) is 4.90 Å². The average Bonchev–Trinajstić information content (AvgIpc) is 3.19. The fourth-order valence-corrected chi connectivity index (χ4v) is 3.53. The lowest BCUT2D eigenvalue weighted by Gasteiger charge is -2.10. The highest BCUT2D eigenvalue weighted by Crippen LogP contribution is 2.26. The number of non-ortho nitro benzene ring substituents is 1. The molecule has 0 atom stereocenters. The van der Waals surface area contributed by atoms with Crippen molar-refractivity contribution in [2.75, 3.05) is 11.8 Å². The third-order valence-electron chi connectivity index (χ3n) is 3.82. The predicted octanol–water partition coefficient (Wildman–Crippen LogP) is 3.02. The highest BCUT2D eigenvalue weighted by Gasteiger charge is 2.23. The number of carbonyl (C=O) groups excluding carboxylic acids is 1. The summed E-state index contributed by atoms with van der Waals surface area (Å²) in [6.07, 6.45) is 2.40. The zero-order chi connectivity index (χ0) is 21.2. The van der Waals surface area contributed by atoms with Crippen molar-refractivity contribution in [3.8, 4) is 5.69 Å². The molecule has 0 amide bonds. The Hall–Kier alpha value is -3.44. The first-order valence-corrected chi connectivity index (χ1v) is 9.77. The standard InChI is InChI=1S/C17H13ClN4O6S/c1-28-17(23)15-8-13(22(24)25)6-7-16(15)20-29(26,27)14-9-19-21(10-14)12-4-2-11(18)3-5-12/h2-10,20H,1H3. The largest absolute Gasteiger partial charge is 0.465 e. The SMILES string of the molecule is COC(=O)c1cc([N+](=O)[O-])ccc1NS(=O)(=O)c1cnn(-c2ccc(Cl)cc2)c1. The molecule has 0 aliphatic heterocycles. The maximum atomic E-state index is 12.7. The molecule has 0 saturated heterocycles. The first kappa shape index (κ1) is 20.3. The summed E-state index contributed by atoms with van der Waals surface area (Å²) in [6.45, 7) is 0. The summed E-state index contributed by atoms with van der Waals surface area (Å²) >= 11 is 5.83. The van der Waals surface area contributed by atoms with Crippen LogP contribution in [0.2, 0.25) is 5.02 Å². The van der Waals surface area contributed by atoms with Crippen molar-refractivity contribution in [2.45, 2.75) is 4.90 Å². The number of methoxy groups -OCH3 is 1. The molecule has 3 aromatic rings. The van der Waals surface area contributed by atoms with Gasteiger partial charge < -0.3 is 4.74 Å². The zero-order valence-corrected chi connectivity index (χ0v) is 16.3. The van der Waals surface area contributed by atoms with E-state index < -0.39 is 20.9 Å². The van der Waals surface area contributed by atoms with Crippen LogP contribution in [0.5, 0.6) is 0 Å². The Balaban J connectivity index is 1.94. The third-order valence-corrected chi connectivity index (χ3v) is 5.40. The molecule has 0 fully saturated rings. The lowest BCUT2D eigenvalue weighted by atomic mass is 10.1. The Kier molecular flexibility index (Phi) is 5.52. The number of halogens is 1. The molecule has 0 aliphatic carbocycles. The highest BCUT2D eigenvalue weighted by molar-refractivity contribution is 7.92. The van der Waals surface area contributed by atoms with E-state index in [1.54, 1.807) is 24.3 Å². The Morgan fingerprint density at radius 2 is 1.93 bits per heavy atom. The number of nitrogens with one attached hydrogen (secondary N) is 1. The van der Waals surface area contributed by atoms with Gasteiger partial charge in [0.05, 0.1) is 41.4 Å². The molecule has 10 nitrogen and oxygen atoms in total. The molecule has 29 heavy (non-hydrogen) atoms. The lowest BCUT2D eigenvalue weighted by molar-refractivity contribution is -0.384. The van der Waals surface area contributed by atoms with E-state index in [0.29, 0.717) is 10.7 Å². The van der Waals surface area contributed by atoms with Crippen molar-refractivity contribution < 1.29 is 22.9 Å². The van der Waals surface area contributed by atoms with Crippen molar-refractivity contribution in [3.05, 3.63) is 75.6 Å². The van der Waals surface area contributed by atoms with Crippen LogP contribution in [0.4, 0.5) is 11.4 Å². The van der Waals surface area contributed by atoms with E-state index in [-0.39, 0.29) is 21.8 Å².